The van der Waals surface area contributed by atoms with Gasteiger partial charge in [-0.15, -0.1) is 0 Å². The molecule has 0 aromatic carbocycles. The third-order valence-electron chi connectivity index (χ3n) is 13.5. The standard InChI is InChI=1S/C23H36O19.C20H30O19.CH4O/c1-33-12-6(24)10(28)22(41-15(12)18(30)34-2)39-14-8(26)11(29)23(42-17(14)20(32)36-4)38-13-7(25)9(27)21(37-5)40-16(13)19(31)35-3;1-33-9-3(21)7(25)19(38-12(9)15(27)28)36-11-5(23)8(26)20(39-14(11)17(31)32)35-10-4(22)6(24)18(34-2)37-13(10)16(29)30;1-2/h6-17,21-29H,1-5H3;3-14,18-26H,1-2H3,(H,27,28)(H,29,30)(H,31,32);2H,1H3. The van der Waals surface area contributed by atoms with Crippen LogP contribution in [0.3, 0.4) is 0 Å². The van der Waals surface area contributed by atoms with E-state index in [0.29, 0.717) is 0 Å². The molecule has 6 fully saturated rings. The lowest BCUT2D eigenvalue weighted by Gasteiger charge is -2.47. The van der Waals surface area contributed by atoms with E-state index >= 15 is 0 Å². The van der Waals surface area contributed by atoms with Gasteiger partial charge in [0.05, 0.1) is 21.3 Å². The molecule has 0 aromatic heterocycles. The van der Waals surface area contributed by atoms with Crippen molar-refractivity contribution in [3.05, 3.63) is 0 Å². The van der Waals surface area contributed by atoms with Gasteiger partial charge < -0.3 is 162 Å². The van der Waals surface area contributed by atoms with Gasteiger partial charge in [-0.2, -0.15) is 0 Å². The topological polar surface area (TPSA) is 583 Å². The molecule has 0 radical (unpaired) electrons. The van der Waals surface area contributed by atoms with Gasteiger partial charge in [-0.05, 0) is 0 Å². The van der Waals surface area contributed by atoms with E-state index in [-0.39, 0.29) is 0 Å². The van der Waals surface area contributed by atoms with Gasteiger partial charge in [-0.25, -0.2) is 28.8 Å². The molecule has 0 spiro atoms. The minimum Gasteiger partial charge on any atom is -0.479 e. The first-order valence-electron chi connectivity index (χ1n) is 24.3. The second kappa shape index (κ2) is 31.4. The Kier molecular flexibility index (Phi) is 26.9. The Balaban J connectivity index is 0.000000347. The number of hydrogen-bond donors (Lipinski definition) is 16. The van der Waals surface area contributed by atoms with E-state index in [1.54, 1.807) is 0 Å². The van der Waals surface area contributed by atoms with Crippen LogP contribution >= 0.6 is 0 Å². The molecule has 0 saturated carbocycles. The van der Waals surface area contributed by atoms with Crippen LogP contribution in [0.5, 0.6) is 0 Å². The van der Waals surface area contributed by atoms with Crippen LogP contribution in [0.2, 0.25) is 0 Å². The summed E-state index contributed by atoms with van der Waals surface area (Å²) in [5.74, 6) is -8.42. The zero-order chi connectivity index (χ0) is 62.8. The molecule has 0 bridgehead atoms. The van der Waals surface area contributed by atoms with Gasteiger partial charge in [0.15, 0.2) is 74.4 Å². The number of aliphatic hydroxyl groups is 13. The first-order chi connectivity index (χ1) is 39.1. The predicted octanol–water partition coefficient (Wildman–Crippen LogP) is -12.1. The van der Waals surface area contributed by atoms with Crippen molar-refractivity contribution >= 4 is 35.8 Å². The summed E-state index contributed by atoms with van der Waals surface area (Å²) >= 11 is 0. The largest absolute Gasteiger partial charge is 0.479 e. The summed E-state index contributed by atoms with van der Waals surface area (Å²) in [6.07, 6.45) is -57.0. The van der Waals surface area contributed by atoms with E-state index in [1.165, 1.54) is 0 Å². The van der Waals surface area contributed by atoms with Crippen molar-refractivity contribution in [3.63, 3.8) is 0 Å². The zero-order valence-electron chi connectivity index (χ0n) is 44.9. The van der Waals surface area contributed by atoms with Gasteiger partial charge in [-0.1, -0.05) is 0 Å². The maximum Gasteiger partial charge on any atom is 0.337 e. The molecule has 30 atom stereocenters. The van der Waals surface area contributed by atoms with Gasteiger partial charge >= 0.3 is 35.8 Å². The molecule has 6 heterocycles. The van der Waals surface area contributed by atoms with Crippen LogP contribution in [0.15, 0.2) is 0 Å². The minimum atomic E-state index is -2.23. The number of methoxy groups -OCH3 is 7. The highest BCUT2D eigenvalue weighted by Crippen LogP contribution is 2.36. The Morgan fingerprint density at radius 2 is 0.446 bits per heavy atom. The fourth-order valence-electron chi connectivity index (χ4n) is 9.13. The van der Waals surface area contributed by atoms with Gasteiger partial charge in [-0.3, -0.25) is 0 Å². The Labute approximate surface area is 467 Å². The van der Waals surface area contributed by atoms with Crippen molar-refractivity contribution in [2.75, 3.05) is 56.9 Å². The lowest BCUT2D eigenvalue weighted by Crippen LogP contribution is -2.67. The van der Waals surface area contributed by atoms with Gasteiger partial charge in [0.2, 0.25) is 0 Å². The lowest BCUT2D eigenvalue weighted by atomic mass is 9.95. The van der Waals surface area contributed by atoms with Crippen LogP contribution in [0, 0.1) is 0 Å². The molecule has 0 aliphatic carbocycles. The van der Waals surface area contributed by atoms with E-state index in [9.17, 15) is 105 Å². The third kappa shape index (κ3) is 15.5. The summed E-state index contributed by atoms with van der Waals surface area (Å²) in [6, 6.07) is 0. The zero-order valence-corrected chi connectivity index (χ0v) is 44.9. The molecule has 0 amide bonds. The smallest absolute Gasteiger partial charge is 0.337 e. The number of aliphatic hydroxyl groups excluding tert-OH is 13. The molecular formula is C44H70O39. The summed E-state index contributed by atoms with van der Waals surface area (Å²) in [7, 11) is 8.35. The monoisotopic (exact) mass is 1220 g/mol. The molecule has 6 saturated heterocycles. The highest BCUT2D eigenvalue weighted by molar-refractivity contribution is 5.77. The minimum absolute atomic E-state index is 0.954. The van der Waals surface area contributed by atoms with Crippen molar-refractivity contribution in [1.29, 1.82) is 0 Å². The van der Waals surface area contributed by atoms with E-state index in [2.05, 4.69) is 14.2 Å². The first kappa shape index (κ1) is 71.2. The van der Waals surface area contributed by atoms with Crippen LogP contribution in [0.25, 0.3) is 0 Å². The summed E-state index contributed by atoms with van der Waals surface area (Å²) < 4.78 is 86.6. The molecule has 30 unspecified atom stereocenters. The number of carbonyl (C=O) groups is 6. The second-order valence-electron chi connectivity index (χ2n) is 18.3. The van der Waals surface area contributed by atoms with Crippen molar-refractivity contribution in [2.24, 2.45) is 0 Å². The summed E-state index contributed by atoms with van der Waals surface area (Å²) in [4.78, 5) is 72.3. The van der Waals surface area contributed by atoms with Crippen LogP contribution < -0.4 is 0 Å². The van der Waals surface area contributed by atoms with Crippen molar-refractivity contribution in [2.45, 2.75) is 184 Å². The second-order valence-corrected chi connectivity index (χ2v) is 18.3. The highest BCUT2D eigenvalue weighted by atomic mass is 16.8. The van der Waals surface area contributed by atoms with Crippen LogP contribution in [0.4, 0.5) is 0 Å². The van der Waals surface area contributed by atoms with Gasteiger partial charge in [0, 0.05) is 35.5 Å². The first-order valence-corrected chi connectivity index (χ1v) is 24.3. The van der Waals surface area contributed by atoms with Crippen LogP contribution in [0.1, 0.15) is 0 Å². The molecule has 6 aliphatic rings. The molecular weight excluding hydrogens is 1150 g/mol. The van der Waals surface area contributed by atoms with Crippen LogP contribution in [-0.4, -0.2) is 359 Å². The average molecular weight is 1220 g/mol. The fourth-order valence-corrected chi connectivity index (χ4v) is 9.13. The maximum atomic E-state index is 12.7. The van der Waals surface area contributed by atoms with Crippen molar-refractivity contribution in [3.8, 4) is 0 Å². The quantitative estimate of drug-likeness (QED) is 0.0448. The third-order valence-corrected chi connectivity index (χ3v) is 13.5. The Bertz CT molecular complexity index is 2110. The number of carboxylic acids is 3. The molecule has 83 heavy (non-hydrogen) atoms. The lowest BCUT2D eigenvalue weighted by molar-refractivity contribution is -0.370. The Morgan fingerprint density at radius 1 is 0.265 bits per heavy atom. The molecule has 6 aliphatic heterocycles. The summed E-state index contributed by atoms with van der Waals surface area (Å²) in [5, 5.41) is 162. The van der Waals surface area contributed by atoms with E-state index < -0.39 is 220 Å². The highest BCUT2D eigenvalue weighted by Gasteiger charge is 2.60. The molecule has 39 heteroatoms. The van der Waals surface area contributed by atoms with Gasteiger partial charge in [0.25, 0.3) is 0 Å². The summed E-state index contributed by atoms with van der Waals surface area (Å²) in [5.41, 5.74) is 0. The normalized spacial score (nSPS) is 44.5. The SMILES string of the molecule is CO.COC(=O)C1OC(OC2C(C(=O)OC)OC(OC3C(C(=O)OC)OC(OC)C(O)C3O)C(O)C2O)C(O)C(O)C1OC.COC1OC(C(=O)O)C(OC2OC(C(=O)O)C(OC3OC(C(=O)O)C(OC)C(O)C3O)C(O)C2O)C(O)C1O. The number of esters is 3. The Hall–Kier alpha value is -4.26. The number of ether oxygens (including phenoxy) is 17. The predicted molar refractivity (Wildman–Crippen MR) is 246 cm³/mol. The Morgan fingerprint density at radius 3 is 0.687 bits per heavy atom. The number of carboxylic acid groups (broad SMARTS) is 3. The number of hydrogen-bond acceptors (Lipinski definition) is 36. The van der Waals surface area contributed by atoms with Crippen molar-refractivity contribution in [1.82, 2.24) is 0 Å². The van der Waals surface area contributed by atoms with Crippen molar-refractivity contribution < 1.29 is 191 Å². The van der Waals surface area contributed by atoms with E-state index in [1.807, 2.05) is 0 Å². The van der Waals surface area contributed by atoms with E-state index in [4.69, 9.17) is 71.4 Å². The molecule has 0 aromatic rings. The maximum absolute atomic E-state index is 12.7. The number of aliphatic carboxylic acids is 3. The molecule has 6 rings (SSSR count). The van der Waals surface area contributed by atoms with Gasteiger partial charge in [0.1, 0.15) is 110 Å². The van der Waals surface area contributed by atoms with Crippen LogP contribution in [-0.2, 0) is 109 Å². The fraction of sp³-hybridized carbons (Fsp3) is 0.864. The molecule has 16 N–H and O–H groups in total. The molecule has 39 nitrogen and oxygen atoms in total. The average Bonchev–Trinajstić information content (AvgIpc) is 2.68. The number of carbonyl (C=O) groups excluding carboxylic acids is 3. The van der Waals surface area contributed by atoms with E-state index in [0.717, 1.165) is 56.9 Å². The molecule has 480 valence electrons. The number of rotatable bonds is 18. The summed E-state index contributed by atoms with van der Waals surface area (Å²) in [6.45, 7) is 0.